The van der Waals surface area contributed by atoms with Crippen molar-refractivity contribution in [2.24, 2.45) is 5.92 Å². The van der Waals surface area contributed by atoms with Crippen molar-refractivity contribution in [1.82, 2.24) is 0 Å². The van der Waals surface area contributed by atoms with Crippen molar-refractivity contribution in [2.45, 2.75) is 55.7 Å². The van der Waals surface area contributed by atoms with Crippen LogP contribution in [0.2, 0.25) is 0 Å². The number of rotatable bonds is 4. The normalized spacial score (nSPS) is 22.8. The van der Waals surface area contributed by atoms with Crippen LogP contribution in [0.5, 0.6) is 0 Å². The molecule has 2 atom stereocenters. The van der Waals surface area contributed by atoms with E-state index in [1.165, 1.54) is 30.6 Å². The standard InChI is InChI=1S/C20H26N2O2S2/c1-20(2,3)18-10-11-19(25-18)26(23,24)21-16-6-4-5-7-17(16)22-13-14-8-9-15(22)12-14/h4-7,10-11,14-15,21H,8-9,12-13H2,1-3H3/t14?,15-/m1/s1. The van der Waals surface area contributed by atoms with Crippen molar-refractivity contribution in [1.29, 1.82) is 0 Å². The van der Waals surface area contributed by atoms with Crippen LogP contribution in [-0.2, 0) is 15.4 Å². The first kappa shape index (κ1) is 17.9. The summed E-state index contributed by atoms with van der Waals surface area (Å²) >= 11 is 1.35. The second-order valence-corrected chi connectivity index (χ2v) is 11.5. The number of benzene rings is 1. The highest BCUT2D eigenvalue weighted by atomic mass is 32.2. The van der Waals surface area contributed by atoms with Crippen molar-refractivity contribution in [3.8, 4) is 0 Å². The van der Waals surface area contributed by atoms with Crippen LogP contribution in [0.25, 0.3) is 0 Å². The SMILES string of the molecule is CC(C)(C)c1ccc(S(=O)(=O)Nc2ccccc2N2CC3CC[C@@H]2C3)s1. The smallest absolute Gasteiger partial charge is 0.271 e. The Balaban J connectivity index is 1.62. The number of piperidine rings is 1. The fraction of sp³-hybridized carbons (Fsp3) is 0.500. The third-order valence-electron chi connectivity index (χ3n) is 5.45. The van der Waals surface area contributed by atoms with Crippen molar-refractivity contribution < 1.29 is 8.42 Å². The molecule has 0 amide bonds. The highest BCUT2D eigenvalue weighted by Crippen LogP contribution is 2.43. The molecule has 2 bridgehead atoms. The maximum atomic E-state index is 12.9. The van der Waals surface area contributed by atoms with Gasteiger partial charge in [0.15, 0.2) is 0 Å². The lowest BCUT2D eigenvalue weighted by Gasteiger charge is -2.31. The first-order valence-corrected chi connectivity index (χ1v) is 11.5. The minimum atomic E-state index is -3.58. The van der Waals surface area contributed by atoms with Gasteiger partial charge in [-0.2, -0.15) is 0 Å². The largest absolute Gasteiger partial charge is 0.367 e. The van der Waals surface area contributed by atoms with E-state index in [4.69, 9.17) is 0 Å². The van der Waals surface area contributed by atoms with Crippen LogP contribution in [0.15, 0.2) is 40.6 Å². The molecule has 1 unspecified atom stereocenters. The van der Waals surface area contributed by atoms with Crippen LogP contribution in [0.1, 0.15) is 44.9 Å². The van der Waals surface area contributed by atoms with Gasteiger partial charge >= 0.3 is 0 Å². The fourth-order valence-electron chi connectivity index (χ4n) is 4.09. The van der Waals surface area contributed by atoms with Gasteiger partial charge in [0.25, 0.3) is 10.0 Å². The van der Waals surface area contributed by atoms with Crippen molar-refractivity contribution in [2.75, 3.05) is 16.2 Å². The lowest BCUT2D eigenvalue weighted by Crippen LogP contribution is -2.32. The molecule has 26 heavy (non-hydrogen) atoms. The van der Waals surface area contributed by atoms with Gasteiger partial charge in [0.1, 0.15) is 4.21 Å². The molecule has 4 nitrogen and oxygen atoms in total. The number of nitrogens with zero attached hydrogens (tertiary/aromatic N) is 1. The zero-order chi connectivity index (χ0) is 18.5. The van der Waals surface area contributed by atoms with Crippen LogP contribution in [0.4, 0.5) is 11.4 Å². The van der Waals surface area contributed by atoms with E-state index in [9.17, 15) is 8.42 Å². The molecule has 2 fully saturated rings. The predicted molar refractivity (Wildman–Crippen MR) is 109 cm³/mol. The van der Waals surface area contributed by atoms with Gasteiger partial charge in [-0.3, -0.25) is 4.72 Å². The van der Waals surface area contributed by atoms with Gasteiger partial charge in [0, 0.05) is 17.5 Å². The highest BCUT2D eigenvalue weighted by molar-refractivity contribution is 7.94. The molecule has 2 heterocycles. The molecule has 1 N–H and O–H groups in total. The maximum absolute atomic E-state index is 12.9. The van der Waals surface area contributed by atoms with Crippen LogP contribution in [0.3, 0.4) is 0 Å². The quantitative estimate of drug-likeness (QED) is 0.813. The molecule has 1 saturated carbocycles. The van der Waals surface area contributed by atoms with E-state index in [-0.39, 0.29) is 5.41 Å². The molecular formula is C20H26N2O2S2. The number of thiophene rings is 1. The van der Waals surface area contributed by atoms with E-state index in [1.807, 2.05) is 30.3 Å². The Bertz CT molecular complexity index is 912. The highest BCUT2D eigenvalue weighted by Gasteiger charge is 2.38. The first-order valence-electron chi connectivity index (χ1n) is 9.23. The number of fused-ring (bicyclic) bond motifs is 2. The third kappa shape index (κ3) is 3.25. The molecular weight excluding hydrogens is 364 g/mol. The summed E-state index contributed by atoms with van der Waals surface area (Å²) < 4.78 is 29.1. The zero-order valence-corrected chi connectivity index (χ0v) is 17.2. The topological polar surface area (TPSA) is 49.4 Å². The Morgan fingerprint density at radius 2 is 1.88 bits per heavy atom. The van der Waals surface area contributed by atoms with E-state index in [2.05, 4.69) is 30.4 Å². The average Bonchev–Trinajstić information content (AvgIpc) is 3.30. The summed E-state index contributed by atoms with van der Waals surface area (Å²) in [5.74, 6) is 0.760. The zero-order valence-electron chi connectivity index (χ0n) is 15.5. The minimum absolute atomic E-state index is 0.0505. The molecule has 1 aromatic carbocycles. The second kappa shape index (κ2) is 6.27. The summed E-state index contributed by atoms with van der Waals surface area (Å²) in [5, 5.41) is 0. The molecule has 140 valence electrons. The van der Waals surface area contributed by atoms with Gasteiger partial charge in [-0.1, -0.05) is 32.9 Å². The van der Waals surface area contributed by atoms with Crippen LogP contribution in [0, 0.1) is 5.92 Å². The van der Waals surface area contributed by atoms with E-state index >= 15 is 0 Å². The van der Waals surface area contributed by atoms with E-state index in [1.54, 1.807) is 6.07 Å². The summed E-state index contributed by atoms with van der Waals surface area (Å²) in [6.07, 6.45) is 3.76. The number of para-hydroxylation sites is 2. The number of hydrogen-bond donors (Lipinski definition) is 1. The Morgan fingerprint density at radius 3 is 2.50 bits per heavy atom. The number of hydrogen-bond acceptors (Lipinski definition) is 4. The van der Waals surface area contributed by atoms with Gasteiger partial charge in [-0.15, -0.1) is 11.3 Å². The van der Waals surface area contributed by atoms with Crippen LogP contribution >= 0.6 is 11.3 Å². The van der Waals surface area contributed by atoms with Gasteiger partial charge in [-0.25, -0.2) is 8.42 Å². The molecule has 6 heteroatoms. The molecule has 0 radical (unpaired) electrons. The summed E-state index contributed by atoms with van der Waals surface area (Å²) in [6, 6.07) is 12.0. The Morgan fingerprint density at radius 1 is 1.12 bits per heavy atom. The van der Waals surface area contributed by atoms with Crippen molar-refractivity contribution in [3.05, 3.63) is 41.3 Å². The molecule has 1 aliphatic heterocycles. The first-order chi connectivity index (χ1) is 12.2. The molecule has 2 aromatic rings. The second-order valence-electron chi connectivity index (χ2n) is 8.48. The minimum Gasteiger partial charge on any atom is -0.367 e. The van der Waals surface area contributed by atoms with E-state index in [0.717, 1.165) is 23.0 Å². The molecule has 1 aliphatic carbocycles. The number of nitrogens with one attached hydrogen (secondary N) is 1. The van der Waals surface area contributed by atoms with Gasteiger partial charge in [-0.05, 0) is 54.9 Å². The lowest BCUT2D eigenvalue weighted by atomic mass is 9.95. The number of sulfonamides is 1. The third-order valence-corrected chi connectivity index (χ3v) is 8.82. The molecule has 2 aliphatic rings. The van der Waals surface area contributed by atoms with Crippen LogP contribution in [-0.4, -0.2) is 21.0 Å². The summed E-state index contributed by atoms with van der Waals surface area (Å²) in [7, 11) is -3.58. The van der Waals surface area contributed by atoms with E-state index < -0.39 is 10.0 Å². The van der Waals surface area contributed by atoms with Gasteiger partial charge < -0.3 is 4.90 Å². The summed E-state index contributed by atoms with van der Waals surface area (Å²) in [4.78, 5) is 3.46. The molecule has 4 rings (SSSR count). The van der Waals surface area contributed by atoms with Gasteiger partial charge in [0.05, 0.1) is 11.4 Å². The molecule has 0 spiro atoms. The Hall–Kier alpha value is -1.53. The lowest BCUT2D eigenvalue weighted by molar-refractivity contribution is 0.554. The monoisotopic (exact) mass is 390 g/mol. The van der Waals surface area contributed by atoms with E-state index in [0.29, 0.717) is 15.9 Å². The maximum Gasteiger partial charge on any atom is 0.271 e. The Kier molecular flexibility index (Phi) is 4.31. The van der Waals surface area contributed by atoms with Crippen molar-refractivity contribution >= 4 is 32.7 Å². The molecule has 1 saturated heterocycles. The van der Waals surface area contributed by atoms with Gasteiger partial charge in [0.2, 0.25) is 0 Å². The average molecular weight is 391 g/mol. The molecule has 1 aromatic heterocycles. The summed E-state index contributed by atoms with van der Waals surface area (Å²) in [5.41, 5.74) is 1.65. The van der Waals surface area contributed by atoms with Crippen LogP contribution < -0.4 is 9.62 Å². The number of anilines is 2. The summed E-state index contributed by atoms with van der Waals surface area (Å²) in [6.45, 7) is 7.33. The Labute approximate surface area is 160 Å². The fourth-order valence-corrected chi connectivity index (χ4v) is 6.53. The predicted octanol–water partition coefficient (Wildman–Crippen LogP) is 4.84. The van der Waals surface area contributed by atoms with Crippen molar-refractivity contribution in [3.63, 3.8) is 0 Å².